The first kappa shape index (κ1) is 14.5. The first-order valence-electron chi connectivity index (χ1n) is 5.66. The predicted molar refractivity (Wildman–Crippen MR) is 75.9 cm³/mol. The Bertz CT molecular complexity index is 642. The van der Waals surface area contributed by atoms with E-state index in [0.29, 0.717) is 15.7 Å². The number of aryl methyl sites for hydroxylation is 2. The number of hydrogen-bond donors (Lipinski definition) is 1. The van der Waals surface area contributed by atoms with Crippen LogP contribution in [-0.4, -0.2) is 14.9 Å². The van der Waals surface area contributed by atoms with E-state index in [4.69, 9.17) is 11.6 Å². The Morgan fingerprint density at radius 3 is 2.58 bits per heavy atom. The van der Waals surface area contributed by atoms with Gasteiger partial charge in [0.15, 0.2) is 0 Å². The number of rotatable bonds is 2. The monoisotopic (exact) mass is 346 g/mol. The lowest BCUT2D eigenvalue weighted by atomic mass is 9.99. The number of halogens is 3. The molecule has 0 saturated heterocycles. The van der Waals surface area contributed by atoms with E-state index in [2.05, 4.69) is 21.0 Å². The molecule has 0 amide bonds. The zero-order valence-corrected chi connectivity index (χ0v) is 13.0. The summed E-state index contributed by atoms with van der Waals surface area (Å²) >= 11 is 8.99. The lowest BCUT2D eigenvalue weighted by molar-refractivity contribution is 0.213. The summed E-state index contributed by atoms with van der Waals surface area (Å²) in [5, 5.41) is 14.6. The highest BCUT2D eigenvalue weighted by Crippen LogP contribution is 2.34. The lowest BCUT2D eigenvalue weighted by Crippen LogP contribution is -2.06. The van der Waals surface area contributed by atoms with Gasteiger partial charge in [0.25, 0.3) is 0 Å². The van der Waals surface area contributed by atoms with Crippen molar-refractivity contribution in [2.45, 2.75) is 20.0 Å². The molecule has 0 fully saturated rings. The molecule has 0 aliphatic heterocycles. The van der Waals surface area contributed by atoms with E-state index < -0.39 is 11.9 Å². The number of aliphatic hydroxyl groups excluding tert-OH is 1. The van der Waals surface area contributed by atoms with E-state index in [0.717, 1.165) is 5.69 Å². The van der Waals surface area contributed by atoms with Gasteiger partial charge in [-0.25, -0.2) is 4.39 Å². The summed E-state index contributed by atoms with van der Waals surface area (Å²) in [4.78, 5) is 0. The van der Waals surface area contributed by atoms with Crippen LogP contribution in [0.15, 0.2) is 16.6 Å². The molecule has 1 aromatic heterocycles. The fourth-order valence-corrected chi connectivity index (χ4v) is 2.57. The van der Waals surface area contributed by atoms with Gasteiger partial charge in [-0.15, -0.1) is 0 Å². The summed E-state index contributed by atoms with van der Waals surface area (Å²) in [6, 6.07) is 3.13. The van der Waals surface area contributed by atoms with Gasteiger partial charge in [0.1, 0.15) is 11.9 Å². The predicted octanol–water partition coefficient (Wildman–Crippen LogP) is 3.67. The minimum Gasteiger partial charge on any atom is -0.383 e. The van der Waals surface area contributed by atoms with Gasteiger partial charge in [0.2, 0.25) is 0 Å². The van der Waals surface area contributed by atoms with Crippen LogP contribution in [0.25, 0.3) is 0 Å². The van der Waals surface area contributed by atoms with Crippen molar-refractivity contribution in [1.29, 1.82) is 0 Å². The molecule has 3 nitrogen and oxygen atoms in total. The van der Waals surface area contributed by atoms with Crippen LogP contribution < -0.4 is 0 Å². The maximum absolute atomic E-state index is 14.1. The Labute approximate surface area is 124 Å². The molecule has 0 aliphatic rings. The van der Waals surface area contributed by atoms with Crippen LogP contribution in [-0.2, 0) is 7.05 Å². The van der Waals surface area contributed by atoms with Crippen LogP contribution in [0.3, 0.4) is 0 Å². The molecule has 1 heterocycles. The second-order valence-electron chi connectivity index (χ2n) is 4.38. The molecular weight excluding hydrogens is 335 g/mol. The van der Waals surface area contributed by atoms with Crippen LogP contribution in [0.4, 0.5) is 4.39 Å². The third-order valence-corrected chi connectivity index (χ3v) is 4.46. The van der Waals surface area contributed by atoms with Gasteiger partial charge in [0, 0.05) is 28.3 Å². The molecule has 19 heavy (non-hydrogen) atoms. The molecule has 2 aromatic rings. The highest BCUT2D eigenvalue weighted by Gasteiger charge is 2.24. The molecule has 0 aliphatic carbocycles. The molecule has 1 unspecified atom stereocenters. The van der Waals surface area contributed by atoms with Crippen molar-refractivity contribution in [2.75, 3.05) is 0 Å². The van der Waals surface area contributed by atoms with E-state index >= 15 is 0 Å². The zero-order chi connectivity index (χ0) is 14.3. The van der Waals surface area contributed by atoms with Gasteiger partial charge in [-0.2, -0.15) is 5.10 Å². The molecular formula is C13H13BrClFN2O. The summed E-state index contributed by atoms with van der Waals surface area (Å²) < 4.78 is 16.2. The first-order valence-corrected chi connectivity index (χ1v) is 6.83. The van der Waals surface area contributed by atoms with Gasteiger partial charge >= 0.3 is 0 Å². The molecule has 2 rings (SSSR count). The van der Waals surface area contributed by atoms with Crippen LogP contribution in [0.5, 0.6) is 0 Å². The average molecular weight is 348 g/mol. The highest BCUT2D eigenvalue weighted by molar-refractivity contribution is 9.10. The SMILES string of the molecule is Cc1nn(C)c(C)c1C(O)c1ccc(Br)c(Cl)c1F. The van der Waals surface area contributed by atoms with E-state index in [9.17, 15) is 9.50 Å². The van der Waals surface area contributed by atoms with Crippen molar-refractivity contribution in [3.8, 4) is 0 Å². The summed E-state index contributed by atoms with van der Waals surface area (Å²) in [7, 11) is 1.78. The summed E-state index contributed by atoms with van der Waals surface area (Å²) in [6.07, 6.45) is -1.08. The van der Waals surface area contributed by atoms with Gasteiger partial charge in [-0.05, 0) is 35.8 Å². The second-order valence-corrected chi connectivity index (χ2v) is 5.61. The average Bonchev–Trinajstić information content (AvgIpc) is 2.60. The minimum absolute atomic E-state index is 0.0317. The molecule has 0 bridgehead atoms. The van der Waals surface area contributed by atoms with Crippen LogP contribution in [0, 0.1) is 19.7 Å². The van der Waals surface area contributed by atoms with Crippen molar-refractivity contribution >= 4 is 27.5 Å². The number of benzene rings is 1. The zero-order valence-electron chi connectivity index (χ0n) is 10.7. The van der Waals surface area contributed by atoms with Crippen molar-refractivity contribution < 1.29 is 9.50 Å². The van der Waals surface area contributed by atoms with Gasteiger partial charge < -0.3 is 5.11 Å². The summed E-state index contributed by atoms with van der Waals surface area (Å²) in [5.41, 5.74) is 2.22. The normalized spacial score (nSPS) is 12.8. The van der Waals surface area contributed by atoms with Crippen molar-refractivity contribution in [3.63, 3.8) is 0 Å². The van der Waals surface area contributed by atoms with Crippen molar-refractivity contribution in [3.05, 3.63) is 50.0 Å². The number of nitrogens with zero attached hydrogens (tertiary/aromatic N) is 2. The Morgan fingerprint density at radius 2 is 2.05 bits per heavy atom. The van der Waals surface area contributed by atoms with Crippen LogP contribution in [0.2, 0.25) is 5.02 Å². The molecule has 0 saturated carbocycles. The fourth-order valence-electron chi connectivity index (χ4n) is 2.09. The van der Waals surface area contributed by atoms with Gasteiger partial charge in [-0.1, -0.05) is 17.7 Å². The van der Waals surface area contributed by atoms with E-state index in [1.807, 2.05) is 6.92 Å². The van der Waals surface area contributed by atoms with Crippen LogP contribution in [0.1, 0.15) is 28.6 Å². The Hall–Kier alpha value is -0.910. The summed E-state index contributed by atoms with van der Waals surface area (Å²) in [5.74, 6) is -0.619. The largest absolute Gasteiger partial charge is 0.383 e. The number of aromatic nitrogens is 2. The molecule has 0 spiro atoms. The maximum Gasteiger partial charge on any atom is 0.149 e. The molecule has 102 valence electrons. The molecule has 6 heteroatoms. The third-order valence-electron chi connectivity index (χ3n) is 3.20. The molecule has 1 N–H and O–H groups in total. The lowest BCUT2D eigenvalue weighted by Gasteiger charge is -2.14. The van der Waals surface area contributed by atoms with Gasteiger partial charge in [0.05, 0.1) is 10.7 Å². The quantitative estimate of drug-likeness (QED) is 0.842. The van der Waals surface area contributed by atoms with E-state index in [1.165, 1.54) is 6.07 Å². The second kappa shape index (κ2) is 5.23. The number of aliphatic hydroxyl groups is 1. The van der Waals surface area contributed by atoms with E-state index in [-0.39, 0.29) is 10.6 Å². The molecule has 1 aromatic carbocycles. The topological polar surface area (TPSA) is 38.0 Å². The maximum atomic E-state index is 14.1. The smallest absolute Gasteiger partial charge is 0.149 e. The summed E-state index contributed by atoms with van der Waals surface area (Å²) in [6.45, 7) is 3.61. The van der Waals surface area contributed by atoms with Crippen LogP contribution >= 0.6 is 27.5 Å². The minimum atomic E-state index is -1.08. The Kier molecular flexibility index (Phi) is 3.99. The van der Waals surface area contributed by atoms with Crippen molar-refractivity contribution in [1.82, 2.24) is 9.78 Å². The fraction of sp³-hybridized carbons (Fsp3) is 0.308. The Morgan fingerprint density at radius 1 is 1.42 bits per heavy atom. The molecule has 1 atom stereocenters. The van der Waals surface area contributed by atoms with Gasteiger partial charge in [-0.3, -0.25) is 4.68 Å². The first-order chi connectivity index (χ1) is 8.84. The standard InChI is InChI=1S/C13H13BrClFN2O/c1-6-10(7(2)18(3)17-6)13(19)8-4-5-9(14)11(15)12(8)16/h4-5,13,19H,1-3H3. The number of hydrogen-bond acceptors (Lipinski definition) is 2. The Balaban J connectivity index is 2.56. The third kappa shape index (κ3) is 2.42. The van der Waals surface area contributed by atoms with E-state index in [1.54, 1.807) is 24.7 Å². The highest BCUT2D eigenvalue weighted by atomic mass is 79.9. The molecule has 0 radical (unpaired) electrons. The van der Waals surface area contributed by atoms with Crippen molar-refractivity contribution in [2.24, 2.45) is 7.05 Å².